The van der Waals surface area contributed by atoms with Gasteiger partial charge in [-0.25, -0.2) is 14.3 Å². The average molecular weight is 467 g/mol. The van der Waals surface area contributed by atoms with Crippen molar-refractivity contribution in [2.45, 2.75) is 28.9 Å². The van der Waals surface area contributed by atoms with E-state index in [2.05, 4.69) is 10.8 Å². The molecule has 0 spiro atoms. The van der Waals surface area contributed by atoms with Crippen molar-refractivity contribution in [1.29, 1.82) is 0 Å². The Balaban J connectivity index is 0.00000176. The smallest absolute Gasteiger partial charge is 0.325 e. The maximum atomic E-state index is 13.2. The van der Waals surface area contributed by atoms with Crippen LogP contribution in [0.5, 0.6) is 11.5 Å². The van der Waals surface area contributed by atoms with Gasteiger partial charge in [0.15, 0.2) is 14.6 Å². The first kappa shape index (κ1) is 25.6. The van der Waals surface area contributed by atoms with Gasteiger partial charge in [-0.15, -0.1) is 0 Å². The molecular weight excluding hydrogens is 436 g/mol. The number of ether oxygens (including phenoxy) is 2. The fourth-order valence-electron chi connectivity index (χ4n) is 3.80. The molecule has 1 saturated heterocycles. The van der Waals surface area contributed by atoms with Gasteiger partial charge in [0.1, 0.15) is 11.5 Å². The average Bonchev–Trinajstić information content (AvgIpc) is 2.84. The van der Waals surface area contributed by atoms with Crippen LogP contribution in [-0.4, -0.2) is 68.2 Å². The number of piperidine rings is 1. The van der Waals surface area contributed by atoms with E-state index in [0.717, 1.165) is 24.3 Å². The molecule has 2 aromatic carbocycles. The normalized spacial score (nSPS) is 15.9. The van der Waals surface area contributed by atoms with Gasteiger partial charge in [0.05, 0.1) is 19.1 Å². The van der Waals surface area contributed by atoms with Gasteiger partial charge in [-0.3, -0.25) is 4.79 Å². The van der Waals surface area contributed by atoms with Crippen LogP contribution in [0.2, 0.25) is 0 Å². The van der Waals surface area contributed by atoms with Crippen LogP contribution in [0.4, 0.5) is 0 Å². The standard InChI is InChI=1S/C22H27NO6S.H3NO/c1-28-18-5-3-17(4-6-18)11-14-23-15-12-22(13-16-23,21(24)25)30(26,27)20-9-7-19(29-2)8-10-20;1-2/h3-10H,11-16H2,1-2H3,(H,24,25);2H,1H2. The molecule has 1 heterocycles. The minimum atomic E-state index is -4.04. The second kappa shape index (κ2) is 11.3. The molecular formula is C22H30N2O7S. The van der Waals surface area contributed by atoms with E-state index < -0.39 is 20.6 Å². The lowest BCUT2D eigenvalue weighted by Gasteiger charge is -2.38. The Bertz CT molecular complexity index is 968. The Morgan fingerprint density at radius 2 is 1.44 bits per heavy atom. The molecule has 4 N–H and O–H groups in total. The van der Waals surface area contributed by atoms with E-state index in [1.165, 1.54) is 31.4 Å². The predicted molar refractivity (Wildman–Crippen MR) is 119 cm³/mol. The SMILES string of the molecule is COc1ccc(CCN2CCC(C(=O)O)(S(=O)(=O)c3ccc(OC)cc3)CC2)cc1.NO. The van der Waals surface area contributed by atoms with Crippen LogP contribution in [0.1, 0.15) is 18.4 Å². The quantitative estimate of drug-likeness (QED) is 0.498. The van der Waals surface area contributed by atoms with E-state index in [4.69, 9.17) is 14.7 Å². The third kappa shape index (κ3) is 5.39. The second-order valence-corrected chi connectivity index (χ2v) is 9.68. The number of aliphatic carboxylic acids is 1. The summed E-state index contributed by atoms with van der Waals surface area (Å²) in [6, 6.07) is 13.7. The number of hydrogen-bond acceptors (Lipinski definition) is 8. The molecule has 0 aliphatic carbocycles. The fraction of sp³-hybridized carbons (Fsp3) is 0.409. The number of nitrogens with zero attached hydrogens (tertiary/aromatic N) is 1. The van der Waals surface area contributed by atoms with E-state index in [9.17, 15) is 18.3 Å². The molecule has 0 bridgehead atoms. The second-order valence-electron chi connectivity index (χ2n) is 7.42. The van der Waals surface area contributed by atoms with Crippen molar-refractivity contribution >= 4 is 15.8 Å². The lowest BCUT2D eigenvalue weighted by Crippen LogP contribution is -2.54. The summed E-state index contributed by atoms with van der Waals surface area (Å²) in [6.07, 6.45) is 0.911. The highest BCUT2D eigenvalue weighted by Crippen LogP contribution is 2.36. The number of sulfone groups is 1. The topological polar surface area (TPSA) is 139 Å². The summed E-state index contributed by atoms with van der Waals surface area (Å²) in [5, 5.41) is 16.4. The molecule has 32 heavy (non-hydrogen) atoms. The van der Waals surface area contributed by atoms with Crippen LogP contribution in [0, 0.1) is 0 Å². The summed E-state index contributed by atoms with van der Waals surface area (Å²) in [6.45, 7) is 1.57. The van der Waals surface area contributed by atoms with Crippen molar-refractivity contribution in [2.75, 3.05) is 33.9 Å². The Morgan fingerprint density at radius 3 is 1.88 bits per heavy atom. The van der Waals surface area contributed by atoms with Crippen molar-refractivity contribution in [1.82, 2.24) is 4.90 Å². The molecule has 2 aromatic rings. The van der Waals surface area contributed by atoms with Crippen molar-refractivity contribution < 1.29 is 33.0 Å². The molecule has 0 amide bonds. The number of benzene rings is 2. The highest BCUT2D eigenvalue weighted by molar-refractivity contribution is 7.93. The van der Waals surface area contributed by atoms with Gasteiger partial charge in [-0.2, -0.15) is 0 Å². The molecule has 0 aromatic heterocycles. The number of likely N-dealkylation sites (tertiary alicyclic amines) is 1. The number of carboxylic acid groups (broad SMARTS) is 1. The van der Waals surface area contributed by atoms with Crippen LogP contribution in [-0.2, 0) is 21.1 Å². The molecule has 0 unspecified atom stereocenters. The van der Waals surface area contributed by atoms with Gasteiger partial charge in [0, 0.05) is 19.6 Å². The molecule has 3 rings (SSSR count). The summed E-state index contributed by atoms with van der Waals surface area (Å²) in [5.41, 5.74) is 1.15. The summed E-state index contributed by atoms with van der Waals surface area (Å²) >= 11 is 0. The van der Waals surface area contributed by atoms with Gasteiger partial charge in [-0.05, 0) is 61.2 Å². The van der Waals surface area contributed by atoms with Gasteiger partial charge >= 0.3 is 5.97 Å². The van der Waals surface area contributed by atoms with Gasteiger partial charge in [0.2, 0.25) is 0 Å². The minimum Gasteiger partial charge on any atom is -0.497 e. The Kier molecular flexibility index (Phi) is 9.02. The molecule has 0 atom stereocenters. The van der Waals surface area contributed by atoms with E-state index >= 15 is 0 Å². The number of carbonyl (C=O) groups is 1. The third-order valence-corrected chi connectivity index (χ3v) is 8.32. The maximum Gasteiger partial charge on any atom is 0.325 e. The zero-order chi connectivity index (χ0) is 23.8. The Hall–Kier alpha value is -2.66. The monoisotopic (exact) mass is 466 g/mol. The predicted octanol–water partition coefficient (Wildman–Crippen LogP) is 1.97. The number of carboxylic acids is 1. The third-order valence-electron chi connectivity index (χ3n) is 5.81. The first-order chi connectivity index (χ1) is 15.3. The fourth-order valence-corrected chi connectivity index (χ4v) is 5.69. The van der Waals surface area contributed by atoms with Crippen LogP contribution in [0.15, 0.2) is 53.4 Å². The molecule has 9 nitrogen and oxygen atoms in total. The Labute approximate surface area is 188 Å². The van der Waals surface area contributed by atoms with E-state index in [1.54, 1.807) is 7.11 Å². The number of rotatable bonds is 8. The van der Waals surface area contributed by atoms with Crippen LogP contribution < -0.4 is 15.4 Å². The van der Waals surface area contributed by atoms with Crippen LogP contribution in [0.25, 0.3) is 0 Å². The van der Waals surface area contributed by atoms with E-state index in [0.29, 0.717) is 18.8 Å². The maximum absolute atomic E-state index is 13.2. The largest absolute Gasteiger partial charge is 0.497 e. The zero-order valence-electron chi connectivity index (χ0n) is 18.2. The summed E-state index contributed by atoms with van der Waals surface area (Å²) in [7, 11) is -0.929. The highest BCUT2D eigenvalue weighted by atomic mass is 32.2. The van der Waals surface area contributed by atoms with Crippen LogP contribution in [0.3, 0.4) is 0 Å². The van der Waals surface area contributed by atoms with Gasteiger partial charge in [0.25, 0.3) is 0 Å². The number of nitrogens with two attached hydrogens (primary N) is 1. The summed E-state index contributed by atoms with van der Waals surface area (Å²) in [4.78, 5) is 14.3. The van der Waals surface area contributed by atoms with E-state index in [-0.39, 0.29) is 17.7 Å². The Morgan fingerprint density at radius 1 is 0.969 bits per heavy atom. The molecule has 1 fully saturated rings. The zero-order valence-corrected chi connectivity index (χ0v) is 19.0. The van der Waals surface area contributed by atoms with Gasteiger partial charge < -0.3 is 24.7 Å². The summed E-state index contributed by atoms with van der Waals surface area (Å²) in [5.74, 6) is 3.53. The van der Waals surface area contributed by atoms with Crippen LogP contribution >= 0.6 is 0 Å². The number of hydrogen-bond donors (Lipinski definition) is 3. The molecule has 0 saturated carbocycles. The highest BCUT2D eigenvalue weighted by Gasteiger charge is 2.53. The van der Waals surface area contributed by atoms with Crippen molar-refractivity contribution in [3.8, 4) is 11.5 Å². The van der Waals surface area contributed by atoms with Crippen molar-refractivity contribution in [2.24, 2.45) is 5.90 Å². The lowest BCUT2D eigenvalue weighted by molar-refractivity contribution is -0.141. The molecule has 1 aliphatic rings. The number of methoxy groups -OCH3 is 2. The van der Waals surface area contributed by atoms with E-state index in [1.807, 2.05) is 24.3 Å². The summed E-state index contributed by atoms with van der Waals surface area (Å²) < 4.78 is 34.9. The molecule has 1 aliphatic heterocycles. The first-order valence-electron chi connectivity index (χ1n) is 10.1. The molecule has 0 radical (unpaired) electrons. The molecule has 10 heteroatoms. The first-order valence-corrected chi connectivity index (χ1v) is 11.5. The van der Waals surface area contributed by atoms with Crippen molar-refractivity contribution in [3.63, 3.8) is 0 Å². The lowest BCUT2D eigenvalue weighted by atomic mass is 9.95. The van der Waals surface area contributed by atoms with Gasteiger partial charge in [-0.1, -0.05) is 12.1 Å². The molecule has 176 valence electrons. The van der Waals surface area contributed by atoms with Crippen molar-refractivity contribution in [3.05, 3.63) is 54.1 Å². The minimum absolute atomic E-state index is 0.0115.